The van der Waals surface area contributed by atoms with E-state index in [-0.39, 0.29) is 11.0 Å². The van der Waals surface area contributed by atoms with Gasteiger partial charge >= 0.3 is 0 Å². The minimum Gasteiger partial charge on any atom is -0.497 e. The van der Waals surface area contributed by atoms with Crippen LogP contribution < -0.4 is 20.7 Å². The van der Waals surface area contributed by atoms with Crippen LogP contribution in [0.4, 0.5) is 5.69 Å². The zero-order valence-corrected chi connectivity index (χ0v) is 16.8. The first-order valence-electron chi connectivity index (χ1n) is 6.92. The lowest BCUT2D eigenvalue weighted by Gasteiger charge is -2.27. The highest BCUT2D eigenvalue weighted by atomic mass is 35.6. The fourth-order valence-electron chi connectivity index (χ4n) is 1.81. The quantitative estimate of drug-likeness (QED) is 0.371. The highest BCUT2D eigenvalue weighted by molar-refractivity contribution is 7.80. The number of anilines is 1. The van der Waals surface area contributed by atoms with E-state index in [1.54, 1.807) is 48.9 Å². The van der Waals surface area contributed by atoms with Crippen LogP contribution in [0.3, 0.4) is 0 Å². The van der Waals surface area contributed by atoms with Gasteiger partial charge in [-0.05, 0) is 35.8 Å². The van der Waals surface area contributed by atoms with Crippen molar-refractivity contribution < 1.29 is 9.53 Å². The number of thiocarbonyl (C=S) groups is 1. The van der Waals surface area contributed by atoms with E-state index >= 15 is 0 Å². The Morgan fingerprint density at radius 1 is 1.24 bits per heavy atom. The van der Waals surface area contributed by atoms with Crippen molar-refractivity contribution in [3.05, 3.63) is 46.7 Å². The van der Waals surface area contributed by atoms with Crippen LogP contribution in [0, 0.1) is 0 Å². The molecule has 2 aromatic rings. The highest BCUT2D eigenvalue weighted by Crippen LogP contribution is 2.29. The zero-order valence-electron chi connectivity index (χ0n) is 12.9. The molecule has 0 spiro atoms. The van der Waals surface area contributed by atoms with Crippen LogP contribution in [0.1, 0.15) is 9.67 Å². The second kappa shape index (κ2) is 8.91. The monoisotopic (exact) mass is 437 g/mol. The Bertz CT molecular complexity index is 736. The molecule has 134 valence electrons. The Balaban J connectivity index is 2.03. The number of carbonyl (C=O) groups excluding carboxylic acids is 1. The predicted octanol–water partition coefficient (Wildman–Crippen LogP) is 4.17. The SMILES string of the molecule is COc1cccc(NC(=S)NC(NC(=O)c2cccs2)C(Cl)(Cl)Cl)c1. The Hall–Kier alpha value is -1.25. The average Bonchev–Trinajstić information content (AvgIpc) is 3.08. The zero-order chi connectivity index (χ0) is 18.4. The van der Waals surface area contributed by atoms with Crippen molar-refractivity contribution >= 4 is 75.1 Å². The van der Waals surface area contributed by atoms with Crippen molar-refractivity contribution in [2.75, 3.05) is 12.4 Å². The van der Waals surface area contributed by atoms with E-state index < -0.39 is 9.96 Å². The van der Waals surface area contributed by atoms with Crippen molar-refractivity contribution in [1.29, 1.82) is 0 Å². The number of thiophene rings is 1. The topological polar surface area (TPSA) is 62.4 Å². The maximum absolute atomic E-state index is 12.2. The van der Waals surface area contributed by atoms with Crippen LogP contribution in [0.5, 0.6) is 5.75 Å². The summed E-state index contributed by atoms with van der Waals surface area (Å²) in [6.45, 7) is 0. The molecule has 5 nitrogen and oxygen atoms in total. The maximum atomic E-state index is 12.2. The number of amides is 1. The lowest BCUT2D eigenvalue weighted by Crippen LogP contribution is -2.56. The van der Waals surface area contributed by atoms with Crippen LogP contribution >= 0.6 is 58.4 Å². The van der Waals surface area contributed by atoms with Gasteiger partial charge < -0.3 is 20.7 Å². The van der Waals surface area contributed by atoms with Gasteiger partial charge in [-0.15, -0.1) is 11.3 Å². The molecule has 10 heteroatoms. The van der Waals surface area contributed by atoms with Gasteiger partial charge in [0.1, 0.15) is 11.9 Å². The summed E-state index contributed by atoms with van der Waals surface area (Å²) in [6, 6.07) is 10.6. The molecule has 0 bridgehead atoms. The minimum absolute atomic E-state index is 0.177. The smallest absolute Gasteiger partial charge is 0.263 e. The van der Waals surface area contributed by atoms with E-state index in [9.17, 15) is 4.79 Å². The second-order valence-corrected chi connectivity index (χ2v) is 8.48. The standard InChI is InChI=1S/C15H14Cl3N3O2S2/c1-23-10-5-2-4-9(8-10)19-14(24)21-13(15(16,17)18)20-12(22)11-6-3-7-25-11/h2-8,13H,1H3,(H,20,22)(H2,19,21,24). The first-order valence-corrected chi connectivity index (χ1v) is 9.34. The molecule has 1 amide bonds. The number of hydrogen-bond acceptors (Lipinski definition) is 4. The summed E-state index contributed by atoms with van der Waals surface area (Å²) in [4.78, 5) is 12.7. The van der Waals surface area contributed by atoms with Gasteiger partial charge in [0, 0.05) is 11.8 Å². The fraction of sp³-hybridized carbons (Fsp3) is 0.200. The molecule has 0 aliphatic rings. The molecule has 0 radical (unpaired) electrons. The normalized spacial score (nSPS) is 12.2. The van der Waals surface area contributed by atoms with Crippen molar-refractivity contribution in [2.24, 2.45) is 0 Å². The third-order valence-electron chi connectivity index (χ3n) is 2.95. The summed E-state index contributed by atoms with van der Waals surface area (Å²) in [5, 5.41) is 10.3. The van der Waals surface area contributed by atoms with Crippen LogP contribution in [0.25, 0.3) is 0 Å². The van der Waals surface area contributed by atoms with Gasteiger partial charge in [0.05, 0.1) is 12.0 Å². The minimum atomic E-state index is -1.81. The van der Waals surface area contributed by atoms with E-state index in [1.165, 1.54) is 11.3 Å². The second-order valence-electron chi connectivity index (χ2n) is 4.76. The van der Waals surface area contributed by atoms with Gasteiger partial charge in [0.15, 0.2) is 5.11 Å². The number of nitrogens with one attached hydrogen (secondary N) is 3. The first kappa shape index (κ1) is 20.1. The van der Waals surface area contributed by atoms with Crippen molar-refractivity contribution in [3.63, 3.8) is 0 Å². The highest BCUT2D eigenvalue weighted by Gasteiger charge is 2.35. The largest absolute Gasteiger partial charge is 0.497 e. The number of alkyl halides is 3. The van der Waals surface area contributed by atoms with E-state index in [1.807, 2.05) is 0 Å². The summed E-state index contributed by atoms with van der Waals surface area (Å²) in [7, 11) is 1.56. The summed E-state index contributed by atoms with van der Waals surface area (Å²) in [5.74, 6) is 0.291. The summed E-state index contributed by atoms with van der Waals surface area (Å²) in [6.07, 6.45) is -1.03. The third kappa shape index (κ3) is 6.20. The van der Waals surface area contributed by atoms with Crippen LogP contribution in [0.15, 0.2) is 41.8 Å². The molecule has 0 fully saturated rings. The van der Waals surface area contributed by atoms with Crippen LogP contribution in [-0.4, -0.2) is 28.1 Å². The molecule has 0 aliphatic carbocycles. The molecule has 0 aliphatic heterocycles. The molecule has 1 aromatic heterocycles. The number of halogens is 3. The number of benzene rings is 1. The number of ether oxygens (including phenoxy) is 1. The van der Waals surface area contributed by atoms with Gasteiger partial charge in [0.2, 0.25) is 3.79 Å². The number of hydrogen-bond donors (Lipinski definition) is 3. The molecule has 1 atom stereocenters. The molecule has 1 unspecified atom stereocenters. The molecule has 1 aromatic carbocycles. The van der Waals surface area contributed by atoms with Crippen molar-refractivity contribution in [1.82, 2.24) is 10.6 Å². The summed E-state index contributed by atoms with van der Waals surface area (Å²) in [5.41, 5.74) is 0.685. The molecule has 0 saturated heterocycles. The fourth-order valence-corrected chi connectivity index (χ4v) is 3.00. The van der Waals surface area contributed by atoms with Gasteiger partial charge in [0.25, 0.3) is 5.91 Å². The van der Waals surface area contributed by atoms with Gasteiger partial charge in [-0.3, -0.25) is 4.79 Å². The Morgan fingerprint density at radius 3 is 2.60 bits per heavy atom. The molecule has 1 heterocycles. The molecule has 2 rings (SSSR count). The van der Waals surface area contributed by atoms with E-state index in [2.05, 4.69) is 16.0 Å². The molecule has 3 N–H and O–H groups in total. The molecular weight excluding hydrogens is 425 g/mol. The molecular formula is C15H14Cl3N3O2S2. The lowest BCUT2D eigenvalue weighted by molar-refractivity contribution is 0.0938. The van der Waals surface area contributed by atoms with Gasteiger partial charge in [-0.1, -0.05) is 46.9 Å². The van der Waals surface area contributed by atoms with E-state index in [0.29, 0.717) is 16.3 Å². The van der Waals surface area contributed by atoms with Crippen molar-refractivity contribution in [3.8, 4) is 5.75 Å². The Kier molecular flexibility index (Phi) is 7.15. The number of methoxy groups -OCH3 is 1. The van der Waals surface area contributed by atoms with Crippen LogP contribution in [-0.2, 0) is 0 Å². The lowest BCUT2D eigenvalue weighted by atomic mass is 10.3. The number of carbonyl (C=O) groups is 1. The maximum Gasteiger partial charge on any atom is 0.263 e. The number of rotatable bonds is 5. The van der Waals surface area contributed by atoms with Gasteiger partial charge in [-0.2, -0.15) is 0 Å². The van der Waals surface area contributed by atoms with E-state index in [4.69, 9.17) is 51.8 Å². The van der Waals surface area contributed by atoms with Crippen LogP contribution in [0.2, 0.25) is 0 Å². The van der Waals surface area contributed by atoms with E-state index in [0.717, 1.165) is 0 Å². The first-order chi connectivity index (χ1) is 11.8. The van der Waals surface area contributed by atoms with Crippen molar-refractivity contribution in [2.45, 2.75) is 9.96 Å². The molecule has 0 saturated carbocycles. The Morgan fingerprint density at radius 2 is 2.00 bits per heavy atom. The Labute approximate surface area is 169 Å². The average molecular weight is 439 g/mol. The summed E-state index contributed by atoms with van der Waals surface area (Å²) >= 11 is 24.4. The third-order valence-corrected chi connectivity index (χ3v) is 4.69. The summed E-state index contributed by atoms with van der Waals surface area (Å²) < 4.78 is 3.33. The molecule has 25 heavy (non-hydrogen) atoms. The predicted molar refractivity (Wildman–Crippen MR) is 108 cm³/mol. The van der Waals surface area contributed by atoms with Gasteiger partial charge in [-0.25, -0.2) is 0 Å².